The molecule has 2 radical (unpaired) electrons. The Labute approximate surface area is 149 Å². The molecule has 0 amide bonds. The molecule has 21 heavy (non-hydrogen) atoms. The molecule has 0 atom stereocenters. The van der Waals surface area contributed by atoms with Crippen molar-refractivity contribution in [3.63, 3.8) is 0 Å². The zero-order chi connectivity index (χ0) is 16.0. The molecular formula is C16H30O4Pb. The Morgan fingerprint density at radius 1 is 0.714 bits per heavy atom. The van der Waals surface area contributed by atoms with E-state index in [0.717, 1.165) is 38.5 Å². The van der Waals surface area contributed by atoms with Crippen LogP contribution in [0.15, 0.2) is 0 Å². The summed E-state index contributed by atoms with van der Waals surface area (Å²) >= 11 is 0. The number of unbranched alkanes of at least 4 members (excludes halogenated alkanes) is 2. The summed E-state index contributed by atoms with van der Waals surface area (Å²) in [6.45, 7) is 8.55. The summed E-state index contributed by atoms with van der Waals surface area (Å²) < 4.78 is 0. The van der Waals surface area contributed by atoms with E-state index in [9.17, 15) is 19.8 Å². The maximum absolute atomic E-state index is 9.93. The van der Waals surface area contributed by atoms with Gasteiger partial charge in [0.1, 0.15) is 0 Å². The van der Waals surface area contributed by atoms with Crippen LogP contribution in [0, 0.1) is 11.8 Å². The standard InChI is InChI=1S/2C8H16O2.Pb/c2*1-7(2)5-3-4-6-8(9)10;/h2*7H,3-6H2,1-2H3,(H,9,10);/q;;+2/p-2. The fourth-order valence-corrected chi connectivity index (χ4v) is 1.64. The Hall–Kier alpha value is -0.138. The Kier molecular flexibility index (Phi) is 22.0. The maximum atomic E-state index is 9.93. The minimum Gasteiger partial charge on any atom is -0.550 e. The topological polar surface area (TPSA) is 80.3 Å². The van der Waals surface area contributed by atoms with Gasteiger partial charge in [-0.25, -0.2) is 0 Å². The molecule has 0 saturated carbocycles. The zero-order valence-electron chi connectivity index (χ0n) is 13.9. The summed E-state index contributed by atoms with van der Waals surface area (Å²) in [6, 6.07) is 0. The van der Waals surface area contributed by atoms with Crippen molar-refractivity contribution in [1.29, 1.82) is 0 Å². The van der Waals surface area contributed by atoms with Crippen molar-refractivity contribution in [2.75, 3.05) is 0 Å². The maximum Gasteiger partial charge on any atom is 2.00 e. The molecule has 0 rings (SSSR count). The molecule has 0 unspecified atom stereocenters. The van der Waals surface area contributed by atoms with E-state index in [1.54, 1.807) is 0 Å². The van der Waals surface area contributed by atoms with Gasteiger partial charge in [0.2, 0.25) is 0 Å². The molecule has 0 fully saturated rings. The van der Waals surface area contributed by atoms with Gasteiger partial charge in [-0.2, -0.15) is 0 Å². The Morgan fingerprint density at radius 3 is 1.19 bits per heavy atom. The van der Waals surface area contributed by atoms with Crippen LogP contribution in [0.3, 0.4) is 0 Å². The van der Waals surface area contributed by atoms with Crippen molar-refractivity contribution < 1.29 is 19.8 Å². The SMILES string of the molecule is CC(C)CCCCC(=O)[O-].CC(C)CCCCC(=O)[O-].[Pb+2]. The third kappa shape index (κ3) is 33.0. The minimum atomic E-state index is -0.927. The first-order valence-electron chi connectivity index (χ1n) is 7.65. The summed E-state index contributed by atoms with van der Waals surface area (Å²) in [5.41, 5.74) is 0. The molecule has 0 N–H and O–H groups in total. The second-order valence-corrected chi connectivity index (χ2v) is 6.02. The predicted molar refractivity (Wildman–Crippen MR) is 82.4 cm³/mol. The molecule has 0 aliphatic rings. The van der Waals surface area contributed by atoms with Gasteiger partial charge in [0.15, 0.2) is 0 Å². The van der Waals surface area contributed by atoms with Crippen LogP contribution in [0.4, 0.5) is 0 Å². The summed E-state index contributed by atoms with van der Waals surface area (Å²) in [5.74, 6) is -0.490. The van der Waals surface area contributed by atoms with E-state index in [4.69, 9.17) is 0 Å². The van der Waals surface area contributed by atoms with Crippen LogP contribution in [0.5, 0.6) is 0 Å². The molecule has 4 nitrogen and oxygen atoms in total. The second-order valence-electron chi connectivity index (χ2n) is 6.02. The fourth-order valence-electron chi connectivity index (χ4n) is 1.64. The van der Waals surface area contributed by atoms with Crippen LogP contribution < -0.4 is 10.2 Å². The molecule has 0 aromatic rings. The van der Waals surface area contributed by atoms with E-state index in [1.807, 2.05) is 0 Å². The zero-order valence-corrected chi connectivity index (χ0v) is 17.8. The summed E-state index contributed by atoms with van der Waals surface area (Å²) in [5, 5.41) is 19.9. The molecule has 5 heteroatoms. The minimum absolute atomic E-state index is 0. The van der Waals surface area contributed by atoms with E-state index in [-0.39, 0.29) is 40.1 Å². The summed E-state index contributed by atoms with van der Waals surface area (Å²) in [6.07, 6.45) is 6.21. The first-order chi connectivity index (χ1) is 9.25. The molecule has 122 valence electrons. The fraction of sp³-hybridized carbons (Fsp3) is 0.875. The second kappa shape index (κ2) is 17.9. The largest absolute Gasteiger partial charge is 2.00 e. The molecule has 0 aliphatic heterocycles. The number of aliphatic carboxylic acids is 2. The number of hydrogen-bond donors (Lipinski definition) is 0. The quantitative estimate of drug-likeness (QED) is 0.342. The molecule has 0 bridgehead atoms. The normalized spacial score (nSPS) is 9.81. The van der Waals surface area contributed by atoms with Crippen LogP contribution in [0.1, 0.15) is 79.1 Å². The number of carboxylic acids is 2. The molecule has 0 aromatic heterocycles. The average molecular weight is 494 g/mol. The van der Waals surface area contributed by atoms with E-state index >= 15 is 0 Å². The molecule has 0 heterocycles. The summed E-state index contributed by atoms with van der Waals surface area (Å²) in [7, 11) is 0. The smallest absolute Gasteiger partial charge is 0.550 e. The van der Waals surface area contributed by atoms with Crippen LogP contribution in [-0.2, 0) is 9.59 Å². The van der Waals surface area contributed by atoms with E-state index in [0.29, 0.717) is 11.8 Å². The van der Waals surface area contributed by atoms with Crippen molar-refractivity contribution >= 4 is 39.2 Å². The van der Waals surface area contributed by atoms with Gasteiger partial charge in [-0.3, -0.25) is 0 Å². The van der Waals surface area contributed by atoms with E-state index < -0.39 is 11.9 Å². The van der Waals surface area contributed by atoms with Crippen LogP contribution in [0.2, 0.25) is 0 Å². The van der Waals surface area contributed by atoms with Crippen LogP contribution in [0.25, 0.3) is 0 Å². The summed E-state index contributed by atoms with van der Waals surface area (Å²) in [4.78, 5) is 19.9. The van der Waals surface area contributed by atoms with Gasteiger partial charge in [0.05, 0.1) is 0 Å². The molecule has 0 saturated heterocycles. The van der Waals surface area contributed by atoms with Gasteiger partial charge in [0.25, 0.3) is 0 Å². The number of hydrogen-bond acceptors (Lipinski definition) is 4. The van der Waals surface area contributed by atoms with E-state index in [1.165, 1.54) is 0 Å². The first-order valence-corrected chi connectivity index (χ1v) is 7.65. The van der Waals surface area contributed by atoms with Gasteiger partial charge in [-0.1, -0.05) is 53.4 Å². The monoisotopic (exact) mass is 494 g/mol. The van der Waals surface area contributed by atoms with E-state index in [2.05, 4.69) is 27.7 Å². The Bertz CT molecular complexity index is 227. The van der Waals surface area contributed by atoms with Gasteiger partial charge < -0.3 is 19.8 Å². The molecular weight excluding hydrogens is 463 g/mol. The number of carbonyl (C=O) groups excluding carboxylic acids is 2. The Balaban J connectivity index is -0.000000295. The molecule has 0 aliphatic carbocycles. The Morgan fingerprint density at radius 2 is 1.00 bits per heavy atom. The van der Waals surface area contributed by atoms with Gasteiger partial charge in [-0.15, -0.1) is 0 Å². The van der Waals surface area contributed by atoms with Gasteiger partial charge in [0, 0.05) is 11.9 Å². The van der Waals surface area contributed by atoms with Gasteiger partial charge >= 0.3 is 27.3 Å². The van der Waals surface area contributed by atoms with Gasteiger partial charge in [-0.05, 0) is 37.5 Å². The third-order valence-electron chi connectivity index (χ3n) is 2.82. The average Bonchev–Trinajstić information content (AvgIpc) is 2.30. The number of carbonyl (C=O) groups is 2. The number of rotatable bonds is 10. The van der Waals surface area contributed by atoms with Crippen molar-refractivity contribution in [2.45, 2.75) is 79.1 Å². The molecule has 0 spiro atoms. The molecule has 0 aromatic carbocycles. The predicted octanol–water partition coefficient (Wildman–Crippen LogP) is 1.52. The van der Waals surface area contributed by atoms with Crippen LogP contribution in [-0.4, -0.2) is 39.2 Å². The van der Waals surface area contributed by atoms with Crippen LogP contribution >= 0.6 is 0 Å². The number of carboxylic acid groups (broad SMARTS) is 2. The third-order valence-corrected chi connectivity index (χ3v) is 2.82. The first kappa shape index (κ1) is 25.8. The van der Waals surface area contributed by atoms with Crippen molar-refractivity contribution in [2.24, 2.45) is 11.8 Å². The van der Waals surface area contributed by atoms with Crippen molar-refractivity contribution in [1.82, 2.24) is 0 Å². The van der Waals surface area contributed by atoms with Crippen molar-refractivity contribution in [3.8, 4) is 0 Å². The van der Waals surface area contributed by atoms with Crippen molar-refractivity contribution in [3.05, 3.63) is 0 Å².